The smallest absolute Gasteiger partial charge is 0.330 e. The first-order chi connectivity index (χ1) is 14.3. The highest BCUT2D eigenvalue weighted by molar-refractivity contribution is 5.81. The van der Waals surface area contributed by atoms with Gasteiger partial charge in [0.25, 0.3) is 0 Å². The fourth-order valence-electron chi connectivity index (χ4n) is 1.71. The van der Waals surface area contributed by atoms with E-state index in [0.717, 1.165) is 6.08 Å². The summed E-state index contributed by atoms with van der Waals surface area (Å²) in [5, 5.41) is 0. The van der Waals surface area contributed by atoms with Crippen molar-refractivity contribution in [2.45, 2.75) is 0 Å². The molecule has 0 aromatic carbocycles. The van der Waals surface area contributed by atoms with Crippen LogP contribution in [-0.4, -0.2) is 105 Å². The van der Waals surface area contributed by atoms with Crippen LogP contribution in [0.25, 0.3) is 0 Å². The molecule has 0 amide bonds. The summed E-state index contributed by atoms with van der Waals surface area (Å²) in [6.45, 7) is 10.00. The highest BCUT2D eigenvalue weighted by Crippen LogP contribution is 1.86. The van der Waals surface area contributed by atoms with Crippen molar-refractivity contribution in [2.75, 3.05) is 99.1 Å². The second-order valence-electron chi connectivity index (χ2n) is 5.30. The Kier molecular flexibility index (Phi) is 23.3. The zero-order chi connectivity index (χ0) is 21.3. The number of esters is 1. The van der Waals surface area contributed by atoms with Gasteiger partial charge in [0.2, 0.25) is 0 Å². The molecule has 0 aromatic rings. The maximum Gasteiger partial charge on any atom is 0.330 e. The average Bonchev–Trinajstić information content (AvgIpc) is 2.74. The lowest BCUT2D eigenvalue weighted by Crippen LogP contribution is -2.15. The van der Waals surface area contributed by atoms with E-state index in [0.29, 0.717) is 92.5 Å². The summed E-state index contributed by atoms with van der Waals surface area (Å²) in [6.07, 6.45) is 6.16. The molecule has 0 spiro atoms. The van der Waals surface area contributed by atoms with Gasteiger partial charge in [-0.05, 0) is 0 Å². The van der Waals surface area contributed by atoms with Crippen LogP contribution in [0.2, 0.25) is 0 Å². The first kappa shape index (κ1) is 27.5. The molecule has 9 nitrogen and oxygen atoms in total. The lowest BCUT2D eigenvalue weighted by atomic mass is 10.6. The largest absolute Gasteiger partial charge is 0.460 e. The van der Waals surface area contributed by atoms with Gasteiger partial charge in [-0.1, -0.05) is 12.5 Å². The van der Waals surface area contributed by atoms with Crippen LogP contribution in [0.15, 0.2) is 12.7 Å². The molecule has 0 atom stereocenters. The molecular weight excluding hydrogens is 384 g/mol. The Bertz CT molecular complexity index is 409. The molecule has 0 aliphatic rings. The number of ether oxygens (including phenoxy) is 8. The minimum absolute atomic E-state index is 0.204. The van der Waals surface area contributed by atoms with E-state index in [4.69, 9.17) is 44.3 Å². The number of hydrogen-bond acceptors (Lipinski definition) is 9. The van der Waals surface area contributed by atoms with Crippen LogP contribution in [0.3, 0.4) is 0 Å². The minimum Gasteiger partial charge on any atom is -0.460 e. The molecular formula is C20H34O9. The van der Waals surface area contributed by atoms with Crippen LogP contribution in [-0.2, 0) is 42.7 Å². The van der Waals surface area contributed by atoms with Crippen molar-refractivity contribution < 1.29 is 42.7 Å². The molecule has 0 aliphatic heterocycles. The van der Waals surface area contributed by atoms with Gasteiger partial charge >= 0.3 is 5.97 Å². The average molecular weight is 418 g/mol. The maximum absolute atomic E-state index is 10.8. The van der Waals surface area contributed by atoms with Gasteiger partial charge < -0.3 is 37.9 Å². The Hall–Kier alpha value is -1.51. The first-order valence-corrected chi connectivity index (χ1v) is 9.58. The van der Waals surface area contributed by atoms with Crippen LogP contribution >= 0.6 is 0 Å². The Morgan fingerprint density at radius 1 is 0.621 bits per heavy atom. The van der Waals surface area contributed by atoms with Gasteiger partial charge in [-0.25, -0.2) is 4.79 Å². The highest BCUT2D eigenvalue weighted by Gasteiger charge is 1.96. The summed E-state index contributed by atoms with van der Waals surface area (Å²) in [5.41, 5.74) is 0. The molecule has 0 N–H and O–H groups in total. The SMILES string of the molecule is C#CCOCCOCCOCCOCCOCCOCCOCCOC(=O)C=C. The summed E-state index contributed by atoms with van der Waals surface area (Å²) in [5.74, 6) is 1.93. The molecule has 168 valence electrons. The normalized spacial score (nSPS) is 10.6. The third-order valence-electron chi connectivity index (χ3n) is 3.06. The third kappa shape index (κ3) is 24.5. The van der Waals surface area contributed by atoms with E-state index < -0.39 is 5.97 Å². The summed E-state index contributed by atoms with van der Waals surface area (Å²) in [4.78, 5) is 10.8. The third-order valence-corrected chi connectivity index (χ3v) is 3.06. The molecule has 29 heavy (non-hydrogen) atoms. The van der Waals surface area contributed by atoms with Crippen molar-refractivity contribution >= 4 is 5.97 Å². The van der Waals surface area contributed by atoms with Crippen LogP contribution in [0, 0.1) is 12.3 Å². The van der Waals surface area contributed by atoms with Crippen molar-refractivity contribution in [3.05, 3.63) is 12.7 Å². The molecule has 0 radical (unpaired) electrons. The number of carbonyl (C=O) groups is 1. The molecule has 0 aliphatic carbocycles. The minimum atomic E-state index is -0.456. The Morgan fingerprint density at radius 2 is 0.931 bits per heavy atom. The van der Waals surface area contributed by atoms with Crippen LogP contribution in [0.4, 0.5) is 0 Å². The summed E-state index contributed by atoms with van der Waals surface area (Å²) in [6, 6.07) is 0. The standard InChI is InChI=1S/C20H34O9/c1-3-5-22-6-7-23-8-9-24-10-11-25-12-13-26-14-15-27-16-17-28-18-19-29-20(21)4-2/h1,4H,2,5-19H2. The first-order valence-electron chi connectivity index (χ1n) is 9.58. The van der Waals surface area contributed by atoms with E-state index in [2.05, 4.69) is 12.5 Å². The summed E-state index contributed by atoms with van der Waals surface area (Å²) in [7, 11) is 0. The monoisotopic (exact) mass is 418 g/mol. The second kappa shape index (κ2) is 24.5. The van der Waals surface area contributed by atoms with E-state index in [1.165, 1.54) is 0 Å². The molecule has 0 bridgehead atoms. The van der Waals surface area contributed by atoms with Crippen molar-refractivity contribution in [1.29, 1.82) is 0 Å². The van der Waals surface area contributed by atoms with E-state index in [1.54, 1.807) is 0 Å². The number of rotatable bonds is 23. The van der Waals surface area contributed by atoms with Gasteiger partial charge in [-0.15, -0.1) is 6.42 Å². The maximum atomic E-state index is 10.8. The number of terminal acetylenes is 1. The van der Waals surface area contributed by atoms with Gasteiger partial charge in [0.15, 0.2) is 0 Å². The van der Waals surface area contributed by atoms with Gasteiger partial charge in [-0.3, -0.25) is 0 Å². The van der Waals surface area contributed by atoms with E-state index in [-0.39, 0.29) is 6.61 Å². The van der Waals surface area contributed by atoms with Crippen molar-refractivity contribution in [3.8, 4) is 12.3 Å². The van der Waals surface area contributed by atoms with E-state index >= 15 is 0 Å². The molecule has 9 heteroatoms. The topological polar surface area (TPSA) is 90.9 Å². The number of hydrogen-bond donors (Lipinski definition) is 0. The van der Waals surface area contributed by atoms with Crippen LogP contribution in [0.5, 0.6) is 0 Å². The van der Waals surface area contributed by atoms with Crippen molar-refractivity contribution in [2.24, 2.45) is 0 Å². The van der Waals surface area contributed by atoms with Crippen LogP contribution in [0.1, 0.15) is 0 Å². The quantitative estimate of drug-likeness (QED) is 0.102. The molecule has 0 unspecified atom stereocenters. The van der Waals surface area contributed by atoms with E-state index in [1.807, 2.05) is 0 Å². The Balaban J connectivity index is 3.02. The molecule has 0 heterocycles. The second-order valence-corrected chi connectivity index (χ2v) is 5.30. The number of carbonyl (C=O) groups excluding carboxylic acids is 1. The van der Waals surface area contributed by atoms with Gasteiger partial charge in [0.1, 0.15) is 13.2 Å². The Labute approximate surface area is 173 Å². The zero-order valence-electron chi connectivity index (χ0n) is 17.1. The van der Waals surface area contributed by atoms with Crippen LogP contribution < -0.4 is 0 Å². The molecule has 0 saturated heterocycles. The van der Waals surface area contributed by atoms with Crippen molar-refractivity contribution in [3.63, 3.8) is 0 Å². The van der Waals surface area contributed by atoms with Gasteiger partial charge in [0, 0.05) is 6.08 Å². The Morgan fingerprint density at radius 3 is 1.24 bits per heavy atom. The lowest BCUT2D eigenvalue weighted by Gasteiger charge is -2.08. The fourth-order valence-corrected chi connectivity index (χ4v) is 1.71. The highest BCUT2D eigenvalue weighted by atomic mass is 16.6. The van der Waals surface area contributed by atoms with Crippen molar-refractivity contribution in [1.82, 2.24) is 0 Å². The predicted octanol–water partition coefficient (Wildman–Crippen LogP) is 0.465. The lowest BCUT2D eigenvalue weighted by molar-refractivity contribution is -0.139. The summed E-state index contributed by atoms with van der Waals surface area (Å²) < 4.78 is 41.8. The molecule has 0 aromatic heterocycles. The molecule has 0 saturated carbocycles. The molecule has 0 fully saturated rings. The summed E-state index contributed by atoms with van der Waals surface area (Å²) >= 11 is 0. The fraction of sp³-hybridized carbons (Fsp3) is 0.750. The predicted molar refractivity (Wildman–Crippen MR) is 106 cm³/mol. The zero-order valence-corrected chi connectivity index (χ0v) is 17.1. The van der Waals surface area contributed by atoms with E-state index in [9.17, 15) is 4.79 Å². The van der Waals surface area contributed by atoms with Gasteiger partial charge in [-0.2, -0.15) is 0 Å². The van der Waals surface area contributed by atoms with Gasteiger partial charge in [0.05, 0.1) is 85.9 Å². The molecule has 0 rings (SSSR count).